The van der Waals surface area contributed by atoms with Crippen LogP contribution in [-0.4, -0.2) is 21.7 Å². The molecule has 112 valence electrons. The lowest BCUT2D eigenvalue weighted by molar-refractivity contribution is -0.123. The van der Waals surface area contributed by atoms with Crippen LogP contribution < -0.4 is 11.1 Å². The van der Waals surface area contributed by atoms with Gasteiger partial charge >= 0.3 is 0 Å². The Hall–Kier alpha value is -1.85. The number of benzene rings is 1. The summed E-state index contributed by atoms with van der Waals surface area (Å²) in [6.45, 7) is 1.93. The fourth-order valence-corrected chi connectivity index (χ4v) is 2.34. The molecule has 1 amide bonds. The monoisotopic (exact) mass is 306 g/mol. The number of hydrogen-bond acceptors (Lipinski definition) is 3. The second-order valence-electron chi connectivity index (χ2n) is 5.13. The first-order valence-corrected chi connectivity index (χ1v) is 7.13. The quantitative estimate of drug-likeness (QED) is 0.885. The molecule has 2 rings (SSSR count). The van der Waals surface area contributed by atoms with Crippen molar-refractivity contribution in [3.8, 4) is 0 Å². The van der Waals surface area contributed by atoms with E-state index in [-0.39, 0.29) is 11.9 Å². The van der Waals surface area contributed by atoms with Gasteiger partial charge in [0.2, 0.25) is 5.91 Å². The van der Waals surface area contributed by atoms with E-state index in [1.807, 2.05) is 31.2 Å². The maximum atomic E-state index is 12.1. The molecule has 0 spiro atoms. The highest BCUT2D eigenvalue weighted by molar-refractivity contribution is 6.31. The molecule has 0 aliphatic rings. The van der Waals surface area contributed by atoms with Crippen LogP contribution in [0.4, 0.5) is 0 Å². The molecule has 0 saturated carbocycles. The molecule has 2 atom stereocenters. The van der Waals surface area contributed by atoms with Crippen LogP contribution >= 0.6 is 11.6 Å². The Labute approximate surface area is 129 Å². The molecule has 0 aliphatic heterocycles. The van der Waals surface area contributed by atoms with Crippen LogP contribution in [-0.2, 0) is 18.3 Å². The van der Waals surface area contributed by atoms with Crippen molar-refractivity contribution in [3.05, 3.63) is 52.8 Å². The van der Waals surface area contributed by atoms with E-state index in [1.165, 1.54) is 0 Å². The number of halogens is 1. The van der Waals surface area contributed by atoms with Crippen LogP contribution in [0, 0.1) is 0 Å². The average Bonchev–Trinajstić information content (AvgIpc) is 2.87. The number of aromatic nitrogens is 2. The van der Waals surface area contributed by atoms with Gasteiger partial charge in [-0.25, -0.2) is 0 Å². The van der Waals surface area contributed by atoms with Gasteiger partial charge in [-0.15, -0.1) is 0 Å². The van der Waals surface area contributed by atoms with Gasteiger partial charge in [-0.2, -0.15) is 5.10 Å². The van der Waals surface area contributed by atoms with Gasteiger partial charge in [0.25, 0.3) is 0 Å². The minimum absolute atomic E-state index is 0.0554. The number of carbonyl (C=O) groups excluding carboxylic acids is 1. The number of aryl methyl sites for hydroxylation is 1. The second kappa shape index (κ2) is 6.74. The third-order valence-corrected chi connectivity index (χ3v) is 3.61. The molecular weight excluding hydrogens is 288 g/mol. The third-order valence-electron chi connectivity index (χ3n) is 3.24. The van der Waals surface area contributed by atoms with Gasteiger partial charge in [-0.3, -0.25) is 9.48 Å². The standard InChI is InChI=1S/C15H19ClN4O/c1-10(7-11-5-3-4-6-13(11)16)19-15(21)14(17)12-8-18-20(2)9-12/h3-6,8-10,14H,7,17H2,1-2H3,(H,19,21). The van der Waals surface area contributed by atoms with E-state index in [0.717, 1.165) is 5.56 Å². The van der Waals surface area contributed by atoms with Crippen LogP contribution in [0.2, 0.25) is 5.02 Å². The highest BCUT2D eigenvalue weighted by Gasteiger charge is 2.19. The van der Waals surface area contributed by atoms with Crippen LogP contribution in [0.5, 0.6) is 0 Å². The Morgan fingerprint density at radius 3 is 2.81 bits per heavy atom. The summed E-state index contributed by atoms with van der Waals surface area (Å²) in [6, 6.07) is 6.83. The predicted molar refractivity (Wildman–Crippen MR) is 82.9 cm³/mol. The van der Waals surface area contributed by atoms with Crippen LogP contribution in [0.3, 0.4) is 0 Å². The van der Waals surface area contributed by atoms with Crippen LogP contribution in [0.1, 0.15) is 24.1 Å². The Morgan fingerprint density at radius 1 is 1.48 bits per heavy atom. The van der Waals surface area contributed by atoms with Gasteiger partial charge in [-0.05, 0) is 25.0 Å². The van der Waals surface area contributed by atoms with E-state index in [9.17, 15) is 4.79 Å². The van der Waals surface area contributed by atoms with Crippen LogP contribution in [0.25, 0.3) is 0 Å². The molecule has 1 aromatic heterocycles. The van der Waals surface area contributed by atoms with E-state index >= 15 is 0 Å². The number of amides is 1. The van der Waals surface area contributed by atoms with Crippen molar-refractivity contribution in [2.75, 3.05) is 0 Å². The van der Waals surface area contributed by atoms with Crippen molar-refractivity contribution in [2.45, 2.75) is 25.4 Å². The molecule has 6 heteroatoms. The number of carbonyl (C=O) groups is 1. The Balaban J connectivity index is 1.94. The number of rotatable bonds is 5. The zero-order chi connectivity index (χ0) is 15.4. The van der Waals surface area contributed by atoms with Crippen molar-refractivity contribution in [2.24, 2.45) is 12.8 Å². The molecular formula is C15H19ClN4O. The van der Waals surface area contributed by atoms with Crippen molar-refractivity contribution < 1.29 is 4.79 Å². The Bertz CT molecular complexity index is 626. The fraction of sp³-hybridized carbons (Fsp3) is 0.333. The first-order chi connectivity index (χ1) is 9.97. The largest absolute Gasteiger partial charge is 0.352 e. The highest BCUT2D eigenvalue weighted by Crippen LogP contribution is 2.17. The van der Waals surface area contributed by atoms with Crippen molar-refractivity contribution in [1.82, 2.24) is 15.1 Å². The maximum absolute atomic E-state index is 12.1. The summed E-state index contributed by atoms with van der Waals surface area (Å²) >= 11 is 6.12. The summed E-state index contributed by atoms with van der Waals surface area (Å²) in [4.78, 5) is 12.1. The van der Waals surface area contributed by atoms with E-state index in [4.69, 9.17) is 17.3 Å². The zero-order valence-corrected chi connectivity index (χ0v) is 12.8. The van der Waals surface area contributed by atoms with Gasteiger partial charge in [0.05, 0.1) is 6.20 Å². The van der Waals surface area contributed by atoms with Crippen molar-refractivity contribution in [1.29, 1.82) is 0 Å². The first-order valence-electron chi connectivity index (χ1n) is 6.75. The number of nitrogens with two attached hydrogens (primary N) is 1. The summed E-state index contributed by atoms with van der Waals surface area (Å²) in [5, 5.41) is 7.63. The molecule has 1 aromatic carbocycles. The average molecular weight is 307 g/mol. The lowest BCUT2D eigenvalue weighted by Crippen LogP contribution is -2.40. The molecule has 0 radical (unpaired) electrons. The maximum Gasteiger partial charge on any atom is 0.241 e. The summed E-state index contributed by atoms with van der Waals surface area (Å²) in [5.74, 6) is -0.220. The molecule has 0 aliphatic carbocycles. The Morgan fingerprint density at radius 2 is 2.19 bits per heavy atom. The van der Waals surface area contributed by atoms with Crippen molar-refractivity contribution in [3.63, 3.8) is 0 Å². The van der Waals surface area contributed by atoms with Gasteiger partial charge < -0.3 is 11.1 Å². The topological polar surface area (TPSA) is 72.9 Å². The number of nitrogens with one attached hydrogen (secondary N) is 1. The SMILES string of the molecule is CC(Cc1ccccc1Cl)NC(=O)C(N)c1cnn(C)c1. The lowest BCUT2D eigenvalue weighted by Gasteiger charge is -2.17. The summed E-state index contributed by atoms with van der Waals surface area (Å²) in [5.41, 5.74) is 7.63. The molecule has 3 N–H and O–H groups in total. The highest BCUT2D eigenvalue weighted by atomic mass is 35.5. The van der Waals surface area contributed by atoms with Crippen molar-refractivity contribution >= 4 is 17.5 Å². The Kier molecular flexibility index (Phi) is 4.98. The van der Waals surface area contributed by atoms with E-state index in [1.54, 1.807) is 24.1 Å². The minimum Gasteiger partial charge on any atom is -0.352 e. The smallest absolute Gasteiger partial charge is 0.241 e. The van der Waals surface area contributed by atoms with Gasteiger partial charge in [0.15, 0.2) is 0 Å². The lowest BCUT2D eigenvalue weighted by atomic mass is 10.1. The molecule has 5 nitrogen and oxygen atoms in total. The van der Waals surface area contributed by atoms with Gasteiger partial charge in [-0.1, -0.05) is 29.8 Å². The summed E-state index contributed by atoms with van der Waals surface area (Å²) < 4.78 is 1.62. The summed E-state index contributed by atoms with van der Waals surface area (Å²) in [6.07, 6.45) is 4.00. The number of hydrogen-bond donors (Lipinski definition) is 2. The molecule has 2 unspecified atom stereocenters. The first kappa shape index (κ1) is 15.5. The molecule has 0 fully saturated rings. The molecule has 21 heavy (non-hydrogen) atoms. The molecule has 0 saturated heterocycles. The van der Waals surface area contributed by atoms with Gasteiger partial charge in [0, 0.05) is 29.9 Å². The fourth-order valence-electron chi connectivity index (χ4n) is 2.13. The van der Waals surface area contributed by atoms with Crippen LogP contribution in [0.15, 0.2) is 36.7 Å². The van der Waals surface area contributed by atoms with E-state index in [2.05, 4.69) is 10.4 Å². The zero-order valence-electron chi connectivity index (χ0n) is 12.1. The molecule has 1 heterocycles. The molecule has 0 bridgehead atoms. The summed E-state index contributed by atoms with van der Waals surface area (Å²) in [7, 11) is 1.79. The van der Waals surface area contributed by atoms with E-state index < -0.39 is 6.04 Å². The second-order valence-corrected chi connectivity index (χ2v) is 5.54. The number of nitrogens with zero attached hydrogens (tertiary/aromatic N) is 2. The normalized spacial score (nSPS) is 13.7. The predicted octanol–water partition coefficient (Wildman–Crippen LogP) is 1.82. The third kappa shape index (κ3) is 4.06. The van der Waals surface area contributed by atoms with Gasteiger partial charge in [0.1, 0.15) is 6.04 Å². The molecule has 2 aromatic rings. The minimum atomic E-state index is -0.715. The van der Waals surface area contributed by atoms with E-state index in [0.29, 0.717) is 17.0 Å².